The molecule has 0 aromatic rings. The van der Waals surface area contributed by atoms with Crippen molar-refractivity contribution in [2.24, 2.45) is 5.92 Å². The average Bonchev–Trinajstić information content (AvgIpc) is 2.06. The molecule has 2 N–H and O–H groups in total. The van der Waals surface area contributed by atoms with Crippen molar-refractivity contribution in [3.63, 3.8) is 0 Å². The van der Waals surface area contributed by atoms with Crippen molar-refractivity contribution in [2.45, 2.75) is 19.8 Å². The van der Waals surface area contributed by atoms with Crippen LogP contribution in [0.5, 0.6) is 0 Å². The number of carboxylic acid groups (broad SMARTS) is 1. The Morgan fingerprint density at radius 3 is 2.60 bits per heavy atom. The van der Waals surface area contributed by atoms with Crippen molar-refractivity contribution < 1.29 is 18.3 Å². The molecule has 1 aliphatic rings. The highest BCUT2D eigenvalue weighted by molar-refractivity contribution is 7.87. The van der Waals surface area contributed by atoms with Crippen LogP contribution in [0.3, 0.4) is 0 Å². The fraction of sp³-hybridized carbons (Fsp3) is 0.875. The SMILES string of the molecule is CCCNS(=O)(=O)N1CC(CC(=O)O)C1. The molecular weight excluding hydrogens is 220 g/mol. The van der Waals surface area contributed by atoms with Crippen LogP contribution in [-0.2, 0) is 15.0 Å². The van der Waals surface area contributed by atoms with Crippen LogP contribution in [0.4, 0.5) is 0 Å². The Kier molecular flexibility index (Phi) is 4.06. The zero-order valence-electron chi connectivity index (χ0n) is 8.64. The number of nitrogens with zero attached hydrogens (tertiary/aromatic N) is 1. The number of aliphatic carboxylic acids is 1. The van der Waals surface area contributed by atoms with E-state index in [4.69, 9.17) is 5.11 Å². The maximum atomic E-state index is 11.5. The molecule has 0 unspecified atom stereocenters. The van der Waals surface area contributed by atoms with Gasteiger partial charge >= 0.3 is 5.97 Å². The van der Waals surface area contributed by atoms with Crippen molar-refractivity contribution in [1.29, 1.82) is 0 Å². The first-order chi connectivity index (χ1) is 6.95. The molecule has 0 amide bonds. The summed E-state index contributed by atoms with van der Waals surface area (Å²) in [6, 6.07) is 0. The summed E-state index contributed by atoms with van der Waals surface area (Å²) in [5, 5.41) is 8.50. The maximum absolute atomic E-state index is 11.5. The Morgan fingerprint density at radius 1 is 1.53 bits per heavy atom. The lowest BCUT2D eigenvalue weighted by Crippen LogP contribution is -2.54. The molecule has 0 radical (unpaired) electrons. The van der Waals surface area contributed by atoms with Crippen LogP contribution in [0, 0.1) is 5.92 Å². The lowest BCUT2D eigenvalue weighted by Gasteiger charge is -2.37. The predicted molar refractivity (Wildman–Crippen MR) is 54.5 cm³/mol. The second-order valence-corrected chi connectivity index (χ2v) is 5.44. The molecule has 6 nitrogen and oxygen atoms in total. The molecule has 15 heavy (non-hydrogen) atoms. The second-order valence-electron chi connectivity index (χ2n) is 3.68. The molecule has 1 aliphatic heterocycles. The molecule has 0 atom stereocenters. The summed E-state index contributed by atoms with van der Waals surface area (Å²) < 4.78 is 26.7. The van der Waals surface area contributed by atoms with Gasteiger partial charge in [0.25, 0.3) is 10.2 Å². The van der Waals surface area contributed by atoms with E-state index in [1.165, 1.54) is 4.31 Å². The first-order valence-electron chi connectivity index (χ1n) is 4.92. The molecule has 0 saturated carbocycles. The smallest absolute Gasteiger partial charge is 0.303 e. The van der Waals surface area contributed by atoms with Crippen LogP contribution in [0.2, 0.25) is 0 Å². The van der Waals surface area contributed by atoms with E-state index in [1.807, 2.05) is 6.92 Å². The molecule has 1 saturated heterocycles. The van der Waals surface area contributed by atoms with E-state index in [0.29, 0.717) is 19.6 Å². The Morgan fingerprint density at radius 2 is 2.13 bits per heavy atom. The Balaban J connectivity index is 2.34. The molecule has 0 aromatic carbocycles. The van der Waals surface area contributed by atoms with Crippen molar-refractivity contribution in [2.75, 3.05) is 19.6 Å². The lowest BCUT2D eigenvalue weighted by atomic mass is 10.00. The standard InChI is InChI=1S/C8H16N2O4S/c1-2-3-9-15(13,14)10-5-7(6-10)4-8(11)12/h7,9H,2-6H2,1H3,(H,11,12). The van der Waals surface area contributed by atoms with Gasteiger partial charge in [-0.15, -0.1) is 0 Å². The molecule has 88 valence electrons. The zero-order chi connectivity index (χ0) is 11.5. The highest BCUT2D eigenvalue weighted by Crippen LogP contribution is 2.21. The van der Waals surface area contributed by atoms with E-state index in [1.54, 1.807) is 0 Å². The summed E-state index contributed by atoms with van der Waals surface area (Å²) in [4.78, 5) is 10.3. The van der Waals surface area contributed by atoms with Gasteiger partial charge in [0.05, 0.1) is 6.42 Å². The van der Waals surface area contributed by atoms with Gasteiger partial charge in [0.2, 0.25) is 0 Å². The van der Waals surface area contributed by atoms with Crippen LogP contribution in [0.1, 0.15) is 19.8 Å². The van der Waals surface area contributed by atoms with Gasteiger partial charge in [-0.2, -0.15) is 12.7 Å². The molecule has 0 aliphatic carbocycles. The lowest BCUT2D eigenvalue weighted by molar-refractivity contribution is -0.139. The van der Waals surface area contributed by atoms with Crippen LogP contribution in [-0.4, -0.2) is 43.4 Å². The van der Waals surface area contributed by atoms with Gasteiger partial charge in [-0.3, -0.25) is 4.79 Å². The third-order valence-corrected chi connectivity index (χ3v) is 3.81. The van der Waals surface area contributed by atoms with Crippen LogP contribution >= 0.6 is 0 Å². The number of carboxylic acids is 1. The summed E-state index contributed by atoms with van der Waals surface area (Å²) >= 11 is 0. The van der Waals surface area contributed by atoms with E-state index in [9.17, 15) is 13.2 Å². The van der Waals surface area contributed by atoms with Gasteiger partial charge in [0.15, 0.2) is 0 Å². The molecule has 0 aromatic heterocycles. The number of rotatable bonds is 6. The minimum atomic E-state index is -3.36. The van der Waals surface area contributed by atoms with E-state index in [2.05, 4.69) is 4.72 Å². The summed E-state index contributed by atoms with van der Waals surface area (Å²) in [7, 11) is -3.36. The molecule has 1 heterocycles. The van der Waals surface area contributed by atoms with Crippen molar-refractivity contribution in [1.82, 2.24) is 9.03 Å². The maximum Gasteiger partial charge on any atom is 0.303 e. The monoisotopic (exact) mass is 236 g/mol. The third-order valence-electron chi connectivity index (χ3n) is 2.26. The fourth-order valence-electron chi connectivity index (χ4n) is 1.42. The number of nitrogens with one attached hydrogen (secondary N) is 1. The van der Waals surface area contributed by atoms with E-state index in [-0.39, 0.29) is 12.3 Å². The first kappa shape index (κ1) is 12.4. The quantitative estimate of drug-likeness (QED) is 0.659. The van der Waals surface area contributed by atoms with E-state index < -0.39 is 16.2 Å². The molecule has 0 bridgehead atoms. The predicted octanol–water partition coefficient (Wildman–Crippen LogP) is -0.363. The minimum Gasteiger partial charge on any atom is -0.481 e. The second kappa shape index (κ2) is 4.91. The zero-order valence-corrected chi connectivity index (χ0v) is 9.46. The summed E-state index contributed by atoms with van der Waals surface area (Å²) in [5.74, 6) is -0.917. The van der Waals surface area contributed by atoms with Crippen molar-refractivity contribution >= 4 is 16.2 Å². The normalized spacial score (nSPS) is 18.7. The minimum absolute atomic E-state index is 0.0410. The van der Waals surface area contributed by atoms with Crippen molar-refractivity contribution in [3.05, 3.63) is 0 Å². The number of carbonyl (C=O) groups is 1. The molecule has 1 fully saturated rings. The first-order valence-corrected chi connectivity index (χ1v) is 6.36. The largest absolute Gasteiger partial charge is 0.481 e. The van der Waals surface area contributed by atoms with E-state index in [0.717, 1.165) is 6.42 Å². The highest BCUT2D eigenvalue weighted by Gasteiger charge is 2.36. The topological polar surface area (TPSA) is 86.7 Å². The van der Waals surface area contributed by atoms with E-state index >= 15 is 0 Å². The number of hydrogen-bond donors (Lipinski definition) is 2. The Hall–Kier alpha value is -0.660. The van der Waals surface area contributed by atoms with Crippen LogP contribution < -0.4 is 4.72 Å². The Bertz CT molecular complexity index is 322. The highest BCUT2D eigenvalue weighted by atomic mass is 32.2. The molecule has 1 rings (SSSR count). The Labute approximate surface area is 89.4 Å². The summed E-state index contributed by atoms with van der Waals surface area (Å²) in [6.45, 7) is 2.92. The van der Waals surface area contributed by atoms with Crippen LogP contribution in [0.15, 0.2) is 0 Å². The average molecular weight is 236 g/mol. The molecular formula is C8H16N2O4S. The fourth-order valence-corrected chi connectivity index (χ4v) is 2.88. The van der Waals surface area contributed by atoms with Gasteiger partial charge in [-0.05, 0) is 12.3 Å². The van der Waals surface area contributed by atoms with Gasteiger partial charge in [0.1, 0.15) is 0 Å². The van der Waals surface area contributed by atoms with Gasteiger partial charge in [0, 0.05) is 19.6 Å². The van der Waals surface area contributed by atoms with Gasteiger partial charge in [-0.25, -0.2) is 4.72 Å². The summed E-state index contributed by atoms with van der Waals surface area (Å²) in [6.07, 6.45) is 0.783. The molecule has 0 spiro atoms. The summed E-state index contributed by atoms with van der Waals surface area (Å²) in [5.41, 5.74) is 0. The molecule has 7 heteroatoms. The van der Waals surface area contributed by atoms with Gasteiger partial charge in [-0.1, -0.05) is 6.92 Å². The van der Waals surface area contributed by atoms with Crippen LogP contribution in [0.25, 0.3) is 0 Å². The third kappa shape index (κ3) is 3.44. The number of hydrogen-bond acceptors (Lipinski definition) is 3. The van der Waals surface area contributed by atoms with Crippen molar-refractivity contribution in [3.8, 4) is 0 Å². The van der Waals surface area contributed by atoms with Gasteiger partial charge < -0.3 is 5.11 Å².